The Morgan fingerprint density at radius 3 is 2.62 bits per heavy atom. The molecule has 6 heteroatoms. The minimum atomic E-state index is -0.318. The zero-order valence-corrected chi connectivity index (χ0v) is 19.6. The standard InChI is InChI=1S/C26H24BrN3O2/c1-18-12-19(2)26(23(27)13-18)32-17-25(31)29-28-14-21-16-30(15-20-8-4-3-5-9-20)24-11-7-6-10-22(21)24/h3-14,16H,15,17H2,1-2H3,(H,29,31). The van der Waals surface area contributed by atoms with E-state index in [0.29, 0.717) is 5.75 Å². The largest absolute Gasteiger partial charge is 0.482 e. The quantitative estimate of drug-likeness (QED) is 0.271. The number of aromatic nitrogens is 1. The number of hydrogen-bond acceptors (Lipinski definition) is 3. The molecule has 0 saturated carbocycles. The van der Waals surface area contributed by atoms with Gasteiger partial charge in [-0.3, -0.25) is 4.79 Å². The molecule has 0 aliphatic rings. The van der Waals surface area contributed by atoms with E-state index in [4.69, 9.17) is 4.74 Å². The smallest absolute Gasteiger partial charge is 0.277 e. The summed E-state index contributed by atoms with van der Waals surface area (Å²) in [6.45, 7) is 4.62. The van der Waals surface area contributed by atoms with E-state index in [0.717, 1.165) is 38.6 Å². The third-order valence-corrected chi connectivity index (χ3v) is 5.72. The molecule has 1 heterocycles. The lowest BCUT2D eigenvalue weighted by Gasteiger charge is -2.11. The fourth-order valence-corrected chi connectivity index (χ4v) is 4.51. The summed E-state index contributed by atoms with van der Waals surface area (Å²) < 4.78 is 8.71. The molecule has 0 atom stereocenters. The molecule has 4 rings (SSSR count). The SMILES string of the molecule is Cc1cc(C)c(OCC(=O)NN=Cc2cn(Cc3ccccc3)c3ccccc23)c(Br)c1. The molecule has 0 aliphatic heterocycles. The number of hydrazone groups is 1. The van der Waals surface area contributed by atoms with E-state index < -0.39 is 0 Å². The zero-order valence-electron chi connectivity index (χ0n) is 18.0. The second-order valence-electron chi connectivity index (χ2n) is 7.69. The summed E-state index contributed by atoms with van der Waals surface area (Å²) in [6, 6.07) is 22.5. The van der Waals surface area contributed by atoms with E-state index in [2.05, 4.69) is 61.5 Å². The molecule has 3 aromatic carbocycles. The number of nitrogens with one attached hydrogen (secondary N) is 1. The summed E-state index contributed by atoms with van der Waals surface area (Å²) in [5, 5.41) is 5.23. The Morgan fingerprint density at radius 2 is 1.84 bits per heavy atom. The van der Waals surface area contributed by atoms with Crippen LogP contribution in [0.15, 0.2) is 82.5 Å². The highest BCUT2D eigenvalue weighted by Crippen LogP contribution is 2.30. The molecule has 0 aliphatic carbocycles. The number of fused-ring (bicyclic) bond motifs is 1. The lowest BCUT2D eigenvalue weighted by molar-refractivity contribution is -0.123. The van der Waals surface area contributed by atoms with Gasteiger partial charge in [-0.15, -0.1) is 0 Å². The van der Waals surface area contributed by atoms with Crippen molar-refractivity contribution in [1.29, 1.82) is 0 Å². The molecule has 0 saturated heterocycles. The minimum Gasteiger partial charge on any atom is -0.482 e. The van der Waals surface area contributed by atoms with Crippen LogP contribution in [0.4, 0.5) is 0 Å². The van der Waals surface area contributed by atoms with Gasteiger partial charge in [0, 0.05) is 29.2 Å². The summed E-state index contributed by atoms with van der Waals surface area (Å²) in [6.07, 6.45) is 3.73. The van der Waals surface area contributed by atoms with Gasteiger partial charge in [0.15, 0.2) is 6.61 Å². The van der Waals surface area contributed by atoms with Gasteiger partial charge in [0.25, 0.3) is 5.91 Å². The third kappa shape index (κ3) is 5.08. The number of carbonyl (C=O) groups is 1. The topological polar surface area (TPSA) is 55.6 Å². The minimum absolute atomic E-state index is 0.115. The van der Waals surface area contributed by atoms with Crippen molar-refractivity contribution in [3.8, 4) is 5.75 Å². The van der Waals surface area contributed by atoms with E-state index in [1.165, 1.54) is 5.56 Å². The number of rotatable bonds is 7. The number of halogens is 1. The summed E-state index contributed by atoms with van der Waals surface area (Å²) in [5.41, 5.74) is 7.93. The number of aryl methyl sites for hydroxylation is 2. The van der Waals surface area contributed by atoms with Crippen LogP contribution in [0, 0.1) is 13.8 Å². The van der Waals surface area contributed by atoms with Crippen molar-refractivity contribution in [3.63, 3.8) is 0 Å². The van der Waals surface area contributed by atoms with Crippen LogP contribution in [0.5, 0.6) is 5.75 Å². The van der Waals surface area contributed by atoms with Gasteiger partial charge in [-0.1, -0.05) is 54.6 Å². The predicted molar refractivity (Wildman–Crippen MR) is 132 cm³/mol. The van der Waals surface area contributed by atoms with Crippen molar-refractivity contribution < 1.29 is 9.53 Å². The highest BCUT2D eigenvalue weighted by molar-refractivity contribution is 9.10. The second kappa shape index (κ2) is 9.83. The number of carbonyl (C=O) groups excluding carboxylic acids is 1. The highest BCUT2D eigenvalue weighted by atomic mass is 79.9. The van der Waals surface area contributed by atoms with Gasteiger partial charge >= 0.3 is 0 Å². The number of amides is 1. The molecule has 1 N–H and O–H groups in total. The maximum Gasteiger partial charge on any atom is 0.277 e. The summed E-state index contributed by atoms with van der Waals surface area (Å²) in [4.78, 5) is 12.2. The first kappa shape index (κ1) is 21.8. The van der Waals surface area contributed by atoms with Gasteiger partial charge in [-0.25, -0.2) is 5.43 Å². The van der Waals surface area contributed by atoms with E-state index in [-0.39, 0.29) is 12.5 Å². The molecule has 0 spiro atoms. The van der Waals surface area contributed by atoms with Crippen molar-refractivity contribution in [2.24, 2.45) is 5.10 Å². The van der Waals surface area contributed by atoms with Crippen molar-refractivity contribution in [1.82, 2.24) is 9.99 Å². The summed E-state index contributed by atoms with van der Waals surface area (Å²) in [5.74, 6) is 0.347. The molecule has 5 nitrogen and oxygen atoms in total. The number of nitrogens with zero attached hydrogens (tertiary/aromatic N) is 2. The molecule has 162 valence electrons. The molecule has 0 radical (unpaired) electrons. The molecular formula is C26H24BrN3O2. The van der Waals surface area contributed by atoms with Crippen molar-refractivity contribution in [2.75, 3.05) is 6.61 Å². The first-order valence-electron chi connectivity index (χ1n) is 10.3. The molecule has 0 unspecified atom stereocenters. The number of hydrogen-bond donors (Lipinski definition) is 1. The van der Waals surface area contributed by atoms with Gasteiger partial charge in [0.2, 0.25) is 0 Å². The zero-order chi connectivity index (χ0) is 22.5. The fraction of sp³-hybridized carbons (Fsp3) is 0.154. The maximum atomic E-state index is 12.2. The molecule has 1 aromatic heterocycles. The Bertz CT molecular complexity index is 1260. The van der Waals surface area contributed by atoms with E-state index >= 15 is 0 Å². The van der Waals surface area contributed by atoms with Crippen molar-refractivity contribution in [2.45, 2.75) is 20.4 Å². The molecule has 1 amide bonds. The van der Waals surface area contributed by atoms with Crippen LogP contribution in [0.3, 0.4) is 0 Å². The Morgan fingerprint density at radius 1 is 1.09 bits per heavy atom. The number of para-hydroxylation sites is 1. The summed E-state index contributed by atoms with van der Waals surface area (Å²) >= 11 is 3.49. The molecule has 0 bridgehead atoms. The van der Waals surface area contributed by atoms with Crippen LogP contribution in [0.1, 0.15) is 22.3 Å². The first-order chi connectivity index (χ1) is 15.5. The monoisotopic (exact) mass is 489 g/mol. The van der Waals surface area contributed by atoms with Crippen LogP contribution in [-0.2, 0) is 11.3 Å². The predicted octanol–water partition coefficient (Wildman–Crippen LogP) is 5.60. The maximum absolute atomic E-state index is 12.2. The number of ether oxygens (including phenoxy) is 1. The van der Waals surface area contributed by atoms with Crippen LogP contribution >= 0.6 is 15.9 Å². The molecule has 4 aromatic rings. The van der Waals surface area contributed by atoms with Crippen LogP contribution in [0.2, 0.25) is 0 Å². The van der Waals surface area contributed by atoms with Crippen molar-refractivity contribution >= 4 is 39.0 Å². The first-order valence-corrected chi connectivity index (χ1v) is 11.1. The lowest BCUT2D eigenvalue weighted by Crippen LogP contribution is -2.24. The van der Waals surface area contributed by atoms with Gasteiger partial charge < -0.3 is 9.30 Å². The Balaban J connectivity index is 1.43. The van der Waals surface area contributed by atoms with Crippen LogP contribution in [0.25, 0.3) is 10.9 Å². The third-order valence-electron chi connectivity index (χ3n) is 5.13. The molecule has 32 heavy (non-hydrogen) atoms. The van der Waals surface area contributed by atoms with E-state index in [1.54, 1.807) is 6.21 Å². The molecule has 0 fully saturated rings. The van der Waals surface area contributed by atoms with Gasteiger partial charge in [-0.05, 0) is 58.6 Å². The van der Waals surface area contributed by atoms with Gasteiger partial charge in [-0.2, -0.15) is 5.10 Å². The summed E-state index contributed by atoms with van der Waals surface area (Å²) in [7, 11) is 0. The Hall–Kier alpha value is -3.38. The van der Waals surface area contributed by atoms with Gasteiger partial charge in [0.1, 0.15) is 5.75 Å². The van der Waals surface area contributed by atoms with Crippen molar-refractivity contribution in [3.05, 3.63) is 99.7 Å². The average Bonchev–Trinajstić information content (AvgIpc) is 3.11. The Labute approximate surface area is 195 Å². The molecular weight excluding hydrogens is 466 g/mol. The van der Waals surface area contributed by atoms with Crippen LogP contribution in [-0.4, -0.2) is 23.3 Å². The average molecular weight is 490 g/mol. The highest BCUT2D eigenvalue weighted by Gasteiger charge is 2.10. The van der Waals surface area contributed by atoms with Crippen LogP contribution < -0.4 is 10.2 Å². The second-order valence-corrected chi connectivity index (χ2v) is 8.54. The Kier molecular flexibility index (Phi) is 6.71. The van der Waals surface area contributed by atoms with Gasteiger partial charge in [0.05, 0.1) is 10.7 Å². The lowest BCUT2D eigenvalue weighted by atomic mass is 10.1. The normalized spacial score (nSPS) is 11.2. The number of benzene rings is 3. The van der Waals surface area contributed by atoms with E-state index in [1.807, 2.05) is 56.3 Å². The van der Waals surface area contributed by atoms with E-state index in [9.17, 15) is 4.79 Å². The fourth-order valence-electron chi connectivity index (χ4n) is 3.72.